The number of methoxy groups -OCH3 is 1. The molecule has 2 aliphatic rings. The monoisotopic (exact) mass is 475 g/mol. The normalized spacial score (nSPS) is 18.6. The third-order valence-corrected chi connectivity index (χ3v) is 5.74. The summed E-state index contributed by atoms with van der Waals surface area (Å²) in [6, 6.07) is 7.69. The number of hydrogen-bond donors (Lipinski definition) is 1. The Morgan fingerprint density at radius 1 is 1.21 bits per heavy atom. The lowest BCUT2D eigenvalue weighted by atomic mass is 10.1. The third kappa shape index (κ3) is 6.14. The summed E-state index contributed by atoms with van der Waals surface area (Å²) in [6.07, 6.45) is 3.10. The van der Waals surface area contributed by atoms with Gasteiger partial charge in [-0.1, -0.05) is 0 Å². The van der Waals surface area contributed by atoms with Crippen molar-refractivity contribution in [3.8, 4) is 17.5 Å². The molecule has 2 aliphatic heterocycles. The predicted molar refractivity (Wildman–Crippen MR) is 120 cm³/mol. The van der Waals surface area contributed by atoms with Crippen molar-refractivity contribution in [2.75, 3.05) is 46.6 Å². The molecule has 0 aliphatic carbocycles. The van der Waals surface area contributed by atoms with Gasteiger partial charge in [0, 0.05) is 31.6 Å². The predicted octanol–water partition coefficient (Wildman–Crippen LogP) is 1.76. The quantitative estimate of drug-likeness (QED) is 0.310. The van der Waals surface area contributed by atoms with Gasteiger partial charge in [-0.15, -0.1) is 0 Å². The Morgan fingerprint density at radius 3 is 2.65 bits per heavy atom. The van der Waals surface area contributed by atoms with E-state index in [1.807, 2.05) is 24.3 Å². The molecule has 1 N–H and O–H groups in total. The zero-order chi connectivity index (χ0) is 23.9. The highest BCUT2D eigenvalue weighted by Crippen LogP contribution is 2.27. The number of carbonyl (C=O) groups is 1. The maximum Gasteiger partial charge on any atom is 0.415 e. The lowest BCUT2D eigenvalue weighted by molar-refractivity contribution is -0.389. The van der Waals surface area contributed by atoms with Crippen LogP contribution in [-0.2, 0) is 9.53 Å². The fraction of sp³-hybridized carbons (Fsp3) is 0.545. The lowest BCUT2D eigenvalue weighted by Crippen LogP contribution is -2.45. The van der Waals surface area contributed by atoms with Gasteiger partial charge in [-0.05, 0) is 42.0 Å². The standard InChI is InChI=1S/C22H29N5O7/c1-31-12-13-32-16-2-4-17(5-3-16)34-18-6-9-25(10-7-18)15-21(28)23-19-8-11-33-22-24-20(27(29)30)14-26(19)22/h2-5,14,18-19H,6-13,15H2,1H3,(H,23,28)/t19-/m0/s1. The largest absolute Gasteiger partial charge is 0.491 e. The van der Waals surface area contributed by atoms with E-state index in [9.17, 15) is 14.9 Å². The van der Waals surface area contributed by atoms with Crippen LogP contribution in [0.3, 0.4) is 0 Å². The molecule has 12 heteroatoms. The molecule has 0 radical (unpaired) electrons. The maximum absolute atomic E-state index is 12.6. The fourth-order valence-corrected chi connectivity index (χ4v) is 3.99. The van der Waals surface area contributed by atoms with Crippen molar-refractivity contribution >= 4 is 11.7 Å². The molecule has 2 aromatic rings. The molecule has 0 spiro atoms. The maximum atomic E-state index is 12.6. The summed E-state index contributed by atoms with van der Waals surface area (Å²) in [5.74, 6) is 1.12. The summed E-state index contributed by atoms with van der Waals surface area (Å²) in [4.78, 5) is 28.9. The second-order valence-electron chi connectivity index (χ2n) is 8.17. The number of fused-ring (bicyclic) bond motifs is 1. The third-order valence-electron chi connectivity index (χ3n) is 5.74. The van der Waals surface area contributed by atoms with Gasteiger partial charge in [-0.25, -0.2) is 0 Å². The Kier molecular flexibility index (Phi) is 7.80. The van der Waals surface area contributed by atoms with Crippen molar-refractivity contribution in [2.24, 2.45) is 0 Å². The molecule has 4 rings (SSSR count). The molecule has 184 valence electrons. The van der Waals surface area contributed by atoms with Gasteiger partial charge in [0.2, 0.25) is 5.91 Å². The first kappa shape index (κ1) is 23.8. The van der Waals surface area contributed by atoms with Crippen LogP contribution >= 0.6 is 0 Å². The minimum Gasteiger partial charge on any atom is -0.491 e. The van der Waals surface area contributed by atoms with E-state index in [1.165, 1.54) is 10.8 Å². The van der Waals surface area contributed by atoms with E-state index in [4.69, 9.17) is 18.9 Å². The highest BCUT2D eigenvalue weighted by Gasteiger charge is 2.31. The molecule has 0 saturated carbocycles. The molecule has 12 nitrogen and oxygen atoms in total. The molecule has 1 aromatic carbocycles. The zero-order valence-electron chi connectivity index (χ0n) is 19.1. The Labute approximate surface area is 196 Å². The minimum atomic E-state index is -0.578. The number of benzene rings is 1. The first-order valence-electron chi connectivity index (χ1n) is 11.3. The Bertz CT molecular complexity index is 973. The van der Waals surface area contributed by atoms with Crippen LogP contribution in [0.15, 0.2) is 30.5 Å². The fourth-order valence-electron chi connectivity index (χ4n) is 3.99. The van der Waals surface area contributed by atoms with Crippen LogP contribution in [0.2, 0.25) is 0 Å². The number of nitrogens with one attached hydrogen (secondary N) is 1. The molecule has 34 heavy (non-hydrogen) atoms. The smallest absolute Gasteiger partial charge is 0.415 e. The summed E-state index contributed by atoms with van der Waals surface area (Å²) in [7, 11) is 1.63. The second-order valence-corrected chi connectivity index (χ2v) is 8.17. The van der Waals surface area contributed by atoms with Crippen LogP contribution in [-0.4, -0.2) is 78.0 Å². The highest BCUT2D eigenvalue weighted by molar-refractivity contribution is 5.78. The SMILES string of the molecule is COCCOc1ccc(OC2CCN(CC(=O)N[C@@H]3CCOc4nc([N+](=O)[O-])cn43)CC2)cc1. The van der Waals surface area contributed by atoms with Crippen LogP contribution in [0.1, 0.15) is 25.4 Å². The molecule has 1 fully saturated rings. The minimum absolute atomic E-state index is 0.0871. The van der Waals surface area contributed by atoms with Gasteiger partial charge >= 0.3 is 11.8 Å². The summed E-state index contributed by atoms with van der Waals surface area (Å²) >= 11 is 0. The summed E-state index contributed by atoms with van der Waals surface area (Å²) < 4.78 is 23.5. The number of amides is 1. The number of likely N-dealkylation sites (tertiary alicyclic amines) is 1. The Hall–Kier alpha value is -3.38. The molecule has 3 heterocycles. The molecule has 0 unspecified atom stereocenters. The van der Waals surface area contributed by atoms with Gasteiger partial charge in [0.15, 0.2) is 0 Å². The molecule has 1 aromatic heterocycles. The van der Waals surface area contributed by atoms with Crippen molar-refractivity contribution in [2.45, 2.75) is 31.5 Å². The van der Waals surface area contributed by atoms with E-state index >= 15 is 0 Å². The van der Waals surface area contributed by atoms with E-state index in [0.29, 0.717) is 26.2 Å². The van der Waals surface area contributed by atoms with Crippen molar-refractivity contribution < 1.29 is 28.7 Å². The number of aromatic nitrogens is 2. The van der Waals surface area contributed by atoms with Gasteiger partial charge in [-0.2, -0.15) is 0 Å². The molecular formula is C22H29N5O7. The van der Waals surface area contributed by atoms with E-state index < -0.39 is 11.1 Å². The molecule has 0 bridgehead atoms. The van der Waals surface area contributed by atoms with Crippen molar-refractivity contribution in [3.05, 3.63) is 40.6 Å². The molecule has 1 atom stereocenters. The van der Waals surface area contributed by atoms with E-state index in [1.54, 1.807) is 7.11 Å². The Balaban J connectivity index is 1.20. The summed E-state index contributed by atoms with van der Waals surface area (Å²) in [6.45, 7) is 3.11. The highest BCUT2D eigenvalue weighted by atomic mass is 16.6. The number of imidazole rings is 1. The first-order chi connectivity index (χ1) is 16.5. The summed E-state index contributed by atoms with van der Waals surface area (Å²) in [5, 5.41) is 13.9. The number of nitro groups is 1. The number of piperidine rings is 1. The van der Waals surface area contributed by atoms with Crippen LogP contribution in [0.25, 0.3) is 0 Å². The number of nitrogens with zero attached hydrogens (tertiary/aromatic N) is 4. The van der Waals surface area contributed by atoms with Crippen molar-refractivity contribution in [1.82, 2.24) is 19.8 Å². The number of hydrogen-bond acceptors (Lipinski definition) is 9. The summed E-state index contributed by atoms with van der Waals surface area (Å²) in [5.41, 5.74) is 0. The topological polar surface area (TPSA) is 130 Å². The average molecular weight is 476 g/mol. The molecule has 1 saturated heterocycles. The van der Waals surface area contributed by atoms with Crippen molar-refractivity contribution in [3.63, 3.8) is 0 Å². The van der Waals surface area contributed by atoms with Gasteiger partial charge in [0.05, 0.1) is 19.8 Å². The van der Waals surface area contributed by atoms with E-state index in [-0.39, 0.29) is 30.4 Å². The van der Waals surface area contributed by atoms with Gasteiger partial charge in [0.1, 0.15) is 36.6 Å². The van der Waals surface area contributed by atoms with Crippen molar-refractivity contribution in [1.29, 1.82) is 0 Å². The number of ether oxygens (including phenoxy) is 4. The average Bonchev–Trinajstić information content (AvgIpc) is 3.28. The number of rotatable bonds is 10. The second kappa shape index (κ2) is 11.2. The Morgan fingerprint density at radius 2 is 1.94 bits per heavy atom. The molecular weight excluding hydrogens is 446 g/mol. The first-order valence-corrected chi connectivity index (χ1v) is 11.3. The van der Waals surface area contributed by atoms with Gasteiger partial charge in [0.25, 0.3) is 0 Å². The van der Waals surface area contributed by atoms with Crippen LogP contribution < -0.4 is 19.5 Å². The zero-order valence-corrected chi connectivity index (χ0v) is 19.1. The van der Waals surface area contributed by atoms with Gasteiger partial charge in [-0.3, -0.25) is 14.3 Å². The van der Waals surface area contributed by atoms with E-state index in [2.05, 4.69) is 15.2 Å². The molecule has 1 amide bonds. The number of carbonyl (C=O) groups excluding carboxylic acids is 1. The van der Waals surface area contributed by atoms with Crippen LogP contribution in [0, 0.1) is 10.1 Å². The van der Waals surface area contributed by atoms with Crippen LogP contribution in [0.4, 0.5) is 5.82 Å². The van der Waals surface area contributed by atoms with Crippen LogP contribution in [0.5, 0.6) is 17.5 Å². The van der Waals surface area contributed by atoms with E-state index in [0.717, 1.165) is 37.4 Å². The lowest BCUT2D eigenvalue weighted by Gasteiger charge is -2.32. The van der Waals surface area contributed by atoms with Gasteiger partial charge < -0.3 is 34.4 Å².